The summed E-state index contributed by atoms with van der Waals surface area (Å²) < 4.78 is 0. The minimum absolute atomic E-state index is 0.303. The van der Waals surface area contributed by atoms with Crippen molar-refractivity contribution in [1.82, 2.24) is 9.97 Å². The Labute approximate surface area is 117 Å². The van der Waals surface area contributed by atoms with Gasteiger partial charge >= 0.3 is 5.97 Å². The van der Waals surface area contributed by atoms with Crippen LogP contribution in [0.3, 0.4) is 0 Å². The highest BCUT2D eigenvalue weighted by atomic mass is 35.5. The number of aromatic nitrogens is 2. The Kier molecular flexibility index (Phi) is 3.89. The van der Waals surface area contributed by atoms with Crippen molar-refractivity contribution in [3.05, 3.63) is 28.4 Å². The fourth-order valence-corrected chi connectivity index (χ4v) is 3.52. The highest BCUT2D eigenvalue weighted by Crippen LogP contribution is 2.35. The molecule has 18 heavy (non-hydrogen) atoms. The van der Waals surface area contributed by atoms with Crippen molar-refractivity contribution in [2.24, 2.45) is 0 Å². The lowest BCUT2D eigenvalue weighted by molar-refractivity contribution is 0.0701. The van der Waals surface area contributed by atoms with Gasteiger partial charge in [0.25, 0.3) is 0 Å². The molecule has 1 N–H and O–H groups in total. The first-order valence-electron chi connectivity index (χ1n) is 4.94. The Bertz CT molecular complexity index is 639. The van der Waals surface area contributed by atoms with Gasteiger partial charge in [0, 0.05) is 16.2 Å². The molecule has 0 spiro atoms. The zero-order chi connectivity index (χ0) is 13.3. The predicted octanol–water partition coefficient (Wildman–Crippen LogP) is 3.54. The molecule has 0 fully saturated rings. The van der Waals surface area contributed by atoms with E-state index in [9.17, 15) is 4.79 Å². The van der Waals surface area contributed by atoms with Gasteiger partial charge in [-0.25, -0.2) is 14.8 Å². The second-order valence-corrected chi connectivity index (χ2v) is 6.02. The van der Waals surface area contributed by atoms with Crippen LogP contribution in [0.25, 0.3) is 10.2 Å². The van der Waals surface area contributed by atoms with Crippen molar-refractivity contribution in [2.75, 3.05) is 5.75 Å². The van der Waals surface area contributed by atoms with Gasteiger partial charge in [0.05, 0.1) is 0 Å². The lowest BCUT2D eigenvalue weighted by Crippen LogP contribution is -1.94. The molecule has 2 aromatic rings. The first-order valence-corrected chi connectivity index (χ1v) is 7.12. The van der Waals surface area contributed by atoms with Gasteiger partial charge in [0.15, 0.2) is 0 Å². The number of aryl methyl sites for hydroxylation is 1. The Hall–Kier alpha value is -1.11. The van der Waals surface area contributed by atoms with Gasteiger partial charge < -0.3 is 5.11 Å². The number of halogens is 1. The summed E-state index contributed by atoms with van der Waals surface area (Å²) in [6.07, 6.45) is 1.43. The molecule has 0 bridgehead atoms. The molecule has 0 aromatic carbocycles. The Morgan fingerprint density at radius 3 is 2.94 bits per heavy atom. The maximum absolute atomic E-state index is 11.1. The van der Waals surface area contributed by atoms with Gasteiger partial charge in [-0.1, -0.05) is 29.9 Å². The zero-order valence-electron chi connectivity index (χ0n) is 9.44. The van der Waals surface area contributed by atoms with E-state index >= 15 is 0 Å². The highest BCUT2D eigenvalue weighted by molar-refractivity contribution is 7.99. The van der Waals surface area contributed by atoms with Crippen molar-refractivity contribution in [1.29, 1.82) is 0 Å². The molecule has 0 amide bonds. The minimum Gasteiger partial charge on any atom is -0.477 e. The third kappa shape index (κ3) is 2.50. The third-order valence-corrected chi connectivity index (χ3v) is 4.81. The first kappa shape index (κ1) is 13.3. The summed E-state index contributed by atoms with van der Waals surface area (Å²) in [6.45, 7) is 5.38. The molecule has 0 aliphatic carbocycles. The van der Waals surface area contributed by atoms with Crippen molar-refractivity contribution in [3.63, 3.8) is 0 Å². The lowest BCUT2D eigenvalue weighted by atomic mass is 10.2. The summed E-state index contributed by atoms with van der Waals surface area (Å²) in [5, 5.41) is 11.2. The van der Waals surface area contributed by atoms with Gasteiger partial charge in [-0.2, -0.15) is 0 Å². The summed E-state index contributed by atoms with van der Waals surface area (Å²) in [6, 6.07) is 0. The van der Waals surface area contributed by atoms with E-state index in [-0.39, 0.29) is 0 Å². The molecular weight excluding hydrogens is 292 g/mol. The number of hydrogen-bond acceptors (Lipinski definition) is 5. The highest BCUT2D eigenvalue weighted by Gasteiger charge is 2.18. The molecule has 0 radical (unpaired) electrons. The number of aromatic carboxylic acids is 1. The first-order chi connectivity index (χ1) is 8.50. The van der Waals surface area contributed by atoms with Gasteiger partial charge in [-0.05, 0) is 12.5 Å². The largest absolute Gasteiger partial charge is 0.477 e. The minimum atomic E-state index is -0.937. The van der Waals surface area contributed by atoms with Crippen molar-refractivity contribution >= 4 is 50.9 Å². The van der Waals surface area contributed by atoms with E-state index in [0.717, 1.165) is 21.7 Å². The molecule has 0 aliphatic heterocycles. The molecule has 0 saturated carbocycles. The van der Waals surface area contributed by atoms with Gasteiger partial charge in [0.2, 0.25) is 0 Å². The monoisotopic (exact) mass is 300 g/mol. The van der Waals surface area contributed by atoms with E-state index in [1.54, 1.807) is 6.92 Å². The molecular formula is C11H9ClN2O2S2. The quantitative estimate of drug-likeness (QED) is 0.691. The van der Waals surface area contributed by atoms with E-state index < -0.39 is 5.97 Å². The number of nitrogens with zero attached hydrogens (tertiary/aromatic N) is 2. The molecule has 0 aliphatic rings. The van der Waals surface area contributed by atoms with Crippen LogP contribution < -0.4 is 0 Å². The lowest BCUT2D eigenvalue weighted by Gasteiger charge is -2.01. The average Bonchev–Trinajstić information content (AvgIpc) is 2.65. The number of carboxylic acids is 1. The number of fused-ring (bicyclic) bond motifs is 1. The molecule has 4 nitrogen and oxygen atoms in total. The van der Waals surface area contributed by atoms with Gasteiger partial charge in [0.1, 0.15) is 21.1 Å². The number of carbonyl (C=O) groups is 1. The summed E-state index contributed by atoms with van der Waals surface area (Å²) >= 11 is 8.31. The van der Waals surface area contributed by atoms with Gasteiger partial charge in [-0.15, -0.1) is 11.3 Å². The van der Waals surface area contributed by atoms with Crippen LogP contribution >= 0.6 is 34.7 Å². The van der Waals surface area contributed by atoms with Crippen LogP contribution in [0, 0.1) is 6.92 Å². The van der Waals surface area contributed by atoms with E-state index in [1.807, 2.05) is 0 Å². The molecule has 94 valence electrons. The number of rotatable bonds is 4. The average molecular weight is 301 g/mol. The van der Waals surface area contributed by atoms with Crippen LogP contribution in [-0.4, -0.2) is 26.8 Å². The topological polar surface area (TPSA) is 63.1 Å². The Morgan fingerprint density at radius 1 is 1.61 bits per heavy atom. The molecule has 0 saturated heterocycles. The second-order valence-electron chi connectivity index (χ2n) is 3.53. The number of thiophene rings is 1. The van der Waals surface area contributed by atoms with Crippen LogP contribution in [0.4, 0.5) is 0 Å². The summed E-state index contributed by atoms with van der Waals surface area (Å²) in [5.41, 5.74) is 0.700. The fourth-order valence-electron chi connectivity index (χ4n) is 1.50. The van der Waals surface area contributed by atoms with E-state index in [4.69, 9.17) is 16.7 Å². The second kappa shape index (κ2) is 5.26. The summed E-state index contributed by atoms with van der Waals surface area (Å²) in [5.74, 6) is -0.404. The summed E-state index contributed by atoms with van der Waals surface area (Å²) in [7, 11) is 0. The van der Waals surface area contributed by atoms with E-state index in [0.29, 0.717) is 26.1 Å². The normalized spacial score (nSPS) is 10.8. The molecule has 2 aromatic heterocycles. The molecule has 0 unspecified atom stereocenters. The SMILES string of the molecule is C=C(Cl)CSc1ncnc2sc(C(=O)O)c(C)c12. The van der Waals surface area contributed by atoms with Gasteiger partial charge in [-0.3, -0.25) is 0 Å². The van der Waals surface area contributed by atoms with Crippen LogP contribution in [-0.2, 0) is 0 Å². The number of hydrogen-bond donors (Lipinski definition) is 1. The molecule has 7 heteroatoms. The number of thioether (sulfide) groups is 1. The third-order valence-electron chi connectivity index (χ3n) is 2.25. The maximum Gasteiger partial charge on any atom is 0.346 e. The van der Waals surface area contributed by atoms with Crippen LogP contribution in [0.1, 0.15) is 15.2 Å². The smallest absolute Gasteiger partial charge is 0.346 e. The van der Waals surface area contributed by atoms with Crippen LogP contribution in [0.5, 0.6) is 0 Å². The van der Waals surface area contributed by atoms with Crippen LogP contribution in [0.15, 0.2) is 23.0 Å². The zero-order valence-corrected chi connectivity index (χ0v) is 11.8. The predicted molar refractivity (Wildman–Crippen MR) is 74.8 cm³/mol. The van der Waals surface area contributed by atoms with E-state index in [1.165, 1.54) is 18.1 Å². The fraction of sp³-hybridized carbons (Fsp3) is 0.182. The van der Waals surface area contributed by atoms with Crippen molar-refractivity contribution < 1.29 is 9.90 Å². The molecule has 2 heterocycles. The van der Waals surface area contributed by atoms with Crippen LogP contribution in [0.2, 0.25) is 0 Å². The Morgan fingerprint density at radius 2 is 2.33 bits per heavy atom. The number of carboxylic acid groups (broad SMARTS) is 1. The molecule has 2 rings (SSSR count). The van der Waals surface area contributed by atoms with Crippen molar-refractivity contribution in [2.45, 2.75) is 11.9 Å². The standard InChI is InChI=1S/C11H9ClN2O2S2/c1-5(12)3-17-9-7-6(2)8(11(15)16)18-10(7)14-4-13-9/h4H,1,3H2,2H3,(H,15,16). The summed E-state index contributed by atoms with van der Waals surface area (Å²) in [4.78, 5) is 20.4. The molecule has 0 atom stereocenters. The maximum atomic E-state index is 11.1. The van der Waals surface area contributed by atoms with E-state index in [2.05, 4.69) is 16.5 Å². The Balaban J connectivity index is 2.54. The van der Waals surface area contributed by atoms with Crippen molar-refractivity contribution in [3.8, 4) is 0 Å².